The van der Waals surface area contributed by atoms with Gasteiger partial charge in [0.2, 0.25) is 0 Å². The van der Waals surface area contributed by atoms with Gasteiger partial charge in [0.05, 0.1) is 32.1 Å². The van der Waals surface area contributed by atoms with Crippen LogP contribution in [-0.2, 0) is 17.7 Å². The Bertz CT molecular complexity index is 1440. The summed E-state index contributed by atoms with van der Waals surface area (Å²) in [7, 11) is 3.22. The summed E-state index contributed by atoms with van der Waals surface area (Å²) in [6.45, 7) is 4.79. The van der Waals surface area contributed by atoms with E-state index in [0.29, 0.717) is 29.1 Å². The minimum Gasteiger partial charge on any atom is -0.506 e. The number of hydrogen-bond donors (Lipinski definition) is 1. The molecule has 2 aromatic heterocycles. The molecule has 0 aliphatic carbocycles. The van der Waals surface area contributed by atoms with E-state index >= 15 is 0 Å². The van der Waals surface area contributed by atoms with Crippen molar-refractivity contribution in [2.45, 2.75) is 26.8 Å². The largest absolute Gasteiger partial charge is 0.506 e. The lowest BCUT2D eigenvalue weighted by atomic mass is 9.92. The first kappa shape index (κ1) is 21.8. The fourth-order valence-electron chi connectivity index (χ4n) is 4.98. The van der Waals surface area contributed by atoms with E-state index in [1.54, 1.807) is 33.4 Å². The first-order valence-corrected chi connectivity index (χ1v) is 11.2. The average Bonchev–Trinajstić information content (AvgIpc) is 3.16. The lowest BCUT2D eigenvalue weighted by Crippen LogP contribution is -2.15. The Morgan fingerprint density at radius 3 is 2.62 bits per heavy atom. The van der Waals surface area contributed by atoms with Crippen LogP contribution in [0.1, 0.15) is 28.5 Å². The Hall–Kier alpha value is -4.00. The van der Waals surface area contributed by atoms with Gasteiger partial charge in [0, 0.05) is 34.9 Å². The van der Waals surface area contributed by atoms with E-state index < -0.39 is 0 Å². The van der Waals surface area contributed by atoms with E-state index in [4.69, 9.17) is 14.2 Å². The third-order valence-electron chi connectivity index (χ3n) is 6.49. The number of aromatic nitrogens is 2. The minimum absolute atomic E-state index is 0.0980. The second-order valence-electron chi connectivity index (χ2n) is 8.20. The van der Waals surface area contributed by atoms with Gasteiger partial charge < -0.3 is 23.9 Å². The van der Waals surface area contributed by atoms with Crippen LogP contribution in [0.4, 0.5) is 0 Å². The Morgan fingerprint density at radius 1 is 1.12 bits per heavy atom. The van der Waals surface area contributed by atoms with E-state index in [1.807, 2.05) is 37.3 Å². The normalized spacial score (nSPS) is 12.2. The number of nitrogens with zero attached hydrogens (tertiary/aromatic N) is 2. The number of fused-ring (bicyclic) bond motifs is 4. The zero-order valence-corrected chi connectivity index (χ0v) is 19.6. The second kappa shape index (κ2) is 8.41. The monoisotopic (exact) mass is 458 g/mol. The molecule has 0 amide bonds. The van der Waals surface area contributed by atoms with Crippen molar-refractivity contribution in [3.05, 3.63) is 59.4 Å². The van der Waals surface area contributed by atoms with Crippen molar-refractivity contribution in [1.82, 2.24) is 9.55 Å². The van der Waals surface area contributed by atoms with Crippen molar-refractivity contribution in [3.8, 4) is 39.6 Å². The number of phenols is 1. The van der Waals surface area contributed by atoms with Gasteiger partial charge in [0.15, 0.2) is 11.5 Å². The van der Waals surface area contributed by atoms with E-state index in [9.17, 15) is 9.90 Å². The smallest absolute Gasteiger partial charge is 0.340 e. The van der Waals surface area contributed by atoms with Crippen molar-refractivity contribution in [2.24, 2.45) is 0 Å². The van der Waals surface area contributed by atoms with Crippen molar-refractivity contribution < 1.29 is 24.1 Å². The van der Waals surface area contributed by atoms with Gasteiger partial charge in [0.25, 0.3) is 0 Å². The molecule has 174 valence electrons. The predicted molar refractivity (Wildman–Crippen MR) is 130 cm³/mol. The first-order chi connectivity index (χ1) is 16.5. The molecule has 0 unspecified atom stereocenters. The molecule has 0 atom stereocenters. The van der Waals surface area contributed by atoms with Crippen LogP contribution in [0.3, 0.4) is 0 Å². The molecule has 4 aromatic rings. The third kappa shape index (κ3) is 3.19. The molecule has 1 aliphatic heterocycles. The molecule has 7 nitrogen and oxygen atoms in total. The Labute approximate surface area is 197 Å². The van der Waals surface area contributed by atoms with E-state index in [-0.39, 0.29) is 18.3 Å². The number of ether oxygens (including phenoxy) is 3. The fourth-order valence-corrected chi connectivity index (χ4v) is 4.98. The molecular weight excluding hydrogens is 432 g/mol. The zero-order chi connectivity index (χ0) is 24.0. The molecule has 0 spiro atoms. The van der Waals surface area contributed by atoms with Crippen molar-refractivity contribution >= 4 is 16.9 Å². The van der Waals surface area contributed by atoms with Crippen LogP contribution in [0.2, 0.25) is 0 Å². The van der Waals surface area contributed by atoms with Gasteiger partial charge in [-0.2, -0.15) is 0 Å². The van der Waals surface area contributed by atoms with Crippen LogP contribution in [0.5, 0.6) is 17.2 Å². The van der Waals surface area contributed by atoms with Crippen molar-refractivity contribution in [3.63, 3.8) is 0 Å². The number of aryl methyl sites for hydroxylation is 1. The zero-order valence-electron chi connectivity index (χ0n) is 19.6. The van der Waals surface area contributed by atoms with E-state index in [0.717, 1.165) is 45.4 Å². The standard InChI is InChI=1S/C27H26N2O5/c1-5-34-27(31)24-23(17-8-9-20(30)25-18(17)7-6-11-28-25)15(2)29-12-10-16-13-21(32-3)22(33-4)14-19(16)26(24)29/h6-9,11,13-14,30H,5,10,12H2,1-4H3. The summed E-state index contributed by atoms with van der Waals surface area (Å²) in [4.78, 5) is 17.8. The summed E-state index contributed by atoms with van der Waals surface area (Å²) in [5.74, 6) is 0.971. The average molecular weight is 459 g/mol. The molecule has 0 saturated carbocycles. The van der Waals surface area contributed by atoms with Gasteiger partial charge in [0.1, 0.15) is 11.3 Å². The number of carbonyl (C=O) groups is 1. The topological polar surface area (TPSA) is 82.8 Å². The maximum absolute atomic E-state index is 13.5. The van der Waals surface area contributed by atoms with E-state index in [2.05, 4.69) is 9.55 Å². The minimum atomic E-state index is -0.387. The highest BCUT2D eigenvalue weighted by molar-refractivity contribution is 6.09. The van der Waals surface area contributed by atoms with Crippen LogP contribution in [0, 0.1) is 6.92 Å². The van der Waals surface area contributed by atoms with Crippen LogP contribution < -0.4 is 9.47 Å². The SMILES string of the molecule is CCOC(=O)c1c(-c2ccc(O)c3ncccc23)c(C)n2c1-c1cc(OC)c(OC)cc1CC2. The molecule has 3 heterocycles. The van der Waals surface area contributed by atoms with Gasteiger partial charge in [-0.15, -0.1) is 0 Å². The number of aromatic hydroxyl groups is 1. The van der Waals surface area contributed by atoms with Crippen LogP contribution in [0.15, 0.2) is 42.6 Å². The quantitative estimate of drug-likeness (QED) is 0.417. The predicted octanol–water partition coefficient (Wildman–Crippen LogP) is 5.13. The number of hydrogen-bond acceptors (Lipinski definition) is 6. The number of benzene rings is 2. The number of pyridine rings is 1. The fraction of sp³-hybridized carbons (Fsp3) is 0.259. The van der Waals surface area contributed by atoms with E-state index in [1.165, 1.54) is 0 Å². The lowest BCUT2D eigenvalue weighted by Gasteiger charge is -2.23. The number of carbonyl (C=O) groups excluding carboxylic acids is 1. The molecule has 7 heteroatoms. The summed E-state index contributed by atoms with van der Waals surface area (Å²) < 4.78 is 18.8. The molecule has 2 aromatic carbocycles. The Balaban J connectivity index is 1.87. The molecular formula is C27H26N2O5. The van der Waals surface area contributed by atoms with Gasteiger partial charge in [-0.05, 0) is 61.7 Å². The second-order valence-corrected chi connectivity index (χ2v) is 8.20. The van der Waals surface area contributed by atoms with Gasteiger partial charge >= 0.3 is 5.97 Å². The number of methoxy groups -OCH3 is 2. The molecule has 34 heavy (non-hydrogen) atoms. The van der Waals surface area contributed by atoms with Gasteiger partial charge in [-0.1, -0.05) is 6.07 Å². The third-order valence-corrected chi connectivity index (χ3v) is 6.49. The molecule has 0 saturated heterocycles. The summed E-state index contributed by atoms with van der Waals surface area (Å²) in [6.07, 6.45) is 2.43. The molecule has 0 bridgehead atoms. The summed E-state index contributed by atoms with van der Waals surface area (Å²) in [5, 5.41) is 11.2. The Morgan fingerprint density at radius 2 is 1.88 bits per heavy atom. The highest BCUT2D eigenvalue weighted by Gasteiger charge is 2.33. The summed E-state index contributed by atoms with van der Waals surface area (Å²) in [5.41, 5.74) is 6.36. The van der Waals surface area contributed by atoms with Gasteiger partial charge in [-0.3, -0.25) is 4.98 Å². The number of phenolic OH excluding ortho intramolecular Hbond substituents is 1. The van der Waals surface area contributed by atoms with Crippen LogP contribution in [-0.4, -0.2) is 41.5 Å². The molecule has 0 radical (unpaired) electrons. The molecule has 5 rings (SSSR count). The number of esters is 1. The maximum atomic E-state index is 13.5. The van der Waals surface area contributed by atoms with Crippen molar-refractivity contribution in [2.75, 3.05) is 20.8 Å². The molecule has 1 aliphatic rings. The van der Waals surface area contributed by atoms with Crippen LogP contribution in [0.25, 0.3) is 33.3 Å². The highest BCUT2D eigenvalue weighted by Crippen LogP contribution is 2.46. The first-order valence-electron chi connectivity index (χ1n) is 11.2. The van der Waals surface area contributed by atoms with Crippen molar-refractivity contribution in [1.29, 1.82) is 0 Å². The molecule has 1 N–H and O–H groups in total. The van der Waals surface area contributed by atoms with Crippen LogP contribution >= 0.6 is 0 Å². The molecule has 0 fully saturated rings. The summed E-state index contributed by atoms with van der Waals surface area (Å²) >= 11 is 0. The lowest BCUT2D eigenvalue weighted by molar-refractivity contribution is 0.0528. The van der Waals surface area contributed by atoms with Gasteiger partial charge in [-0.25, -0.2) is 4.79 Å². The summed E-state index contributed by atoms with van der Waals surface area (Å²) in [6, 6.07) is 11.1. The highest BCUT2D eigenvalue weighted by atomic mass is 16.5. The Kier molecular flexibility index (Phi) is 5.40. The number of rotatable bonds is 5. The maximum Gasteiger partial charge on any atom is 0.340 e.